The van der Waals surface area contributed by atoms with Gasteiger partial charge in [-0.1, -0.05) is 23.7 Å². The fourth-order valence-corrected chi connectivity index (χ4v) is 1.84. The van der Waals surface area contributed by atoms with Crippen LogP contribution in [0.3, 0.4) is 0 Å². The van der Waals surface area contributed by atoms with Crippen molar-refractivity contribution in [2.45, 2.75) is 25.0 Å². The molecule has 0 unspecified atom stereocenters. The molecule has 0 bridgehead atoms. The standard InChI is InChI=1S/C11H12ClNO2/c12-10-4-2-1-3-9(10)11(15)13-7-5-8(14)6-7/h1-4,7-8,14H,5-6H2,(H,13,15). The van der Waals surface area contributed by atoms with Crippen molar-refractivity contribution in [1.29, 1.82) is 0 Å². The van der Waals surface area contributed by atoms with Crippen LogP contribution < -0.4 is 5.32 Å². The minimum atomic E-state index is -0.262. The van der Waals surface area contributed by atoms with Crippen molar-refractivity contribution in [1.82, 2.24) is 5.32 Å². The zero-order valence-corrected chi connectivity index (χ0v) is 8.87. The molecule has 0 atom stereocenters. The van der Waals surface area contributed by atoms with Crippen LogP contribution in [0, 0.1) is 0 Å². The third-order valence-corrected chi connectivity index (χ3v) is 2.90. The van der Waals surface area contributed by atoms with Crippen molar-refractivity contribution >= 4 is 17.5 Å². The smallest absolute Gasteiger partial charge is 0.253 e. The highest BCUT2D eigenvalue weighted by Gasteiger charge is 2.28. The molecule has 0 aliphatic heterocycles. The van der Waals surface area contributed by atoms with Crippen molar-refractivity contribution < 1.29 is 9.90 Å². The molecule has 1 fully saturated rings. The van der Waals surface area contributed by atoms with Gasteiger partial charge in [-0.15, -0.1) is 0 Å². The molecule has 1 aromatic carbocycles. The SMILES string of the molecule is O=C(NC1CC(O)C1)c1ccccc1Cl. The monoisotopic (exact) mass is 225 g/mol. The molecule has 1 aliphatic carbocycles. The fourth-order valence-electron chi connectivity index (χ4n) is 1.61. The number of carbonyl (C=O) groups excluding carboxylic acids is 1. The molecule has 1 saturated carbocycles. The molecule has 0 radical (unpaired) electrons. The van der Waals surface area contributed by atoms with E-state index in [9.17, 15) is 4.79 Å². The molecule has 15 heavy (non-hydrogen) atoms. The summed E-state index contributed by atoms with van der Waals surface area (Å²) in [7, 11) is 0. The Morgan fingerprint density at radius 3 is 2.67 bits per heavy atom. The number of benzene rings is 1. The Labute approximate surface area is 93.1 Å². The Kier molecular flexibility index (Phi) is 2.93. The Morgan fingerprint density at radius 2 is 2.07 bits per heavy atom. The Hall–Kier alpha value is -1.06. The van der Waals surface area contributed by atoms with Crippen LogP contribution in [0.2, 0.25) is 5.02 Å². The lowest BCUT2D eigenvalue weighted by atomic mass is 9.89. The average molecular weight is 226 g/mol. The van der Waals surface area contributed by atoms with Gasteiger partial charge in [-0.3, -0.25) is 4.79 Å². The maximum atomic E-state index is 11.7. The number of hydrogen-bond acceptors (Lipinski definition) is 2. The van der Waals surface area contributed by atoms with Gasteiger partial charge in [-0.05, 0) is 25.0 Å². The summed E-state index contributed by atoms with van der Waals surface area (Å²) >= 11 is 5.88. The molecular formula is C11H12ClNO2. The van der Waals surface area contributed by atoms with Crippen molar-refractivity contribution in [3.8, 4) is 0 Å². The van der Waals surface area contributed by atoms with Crippen LogP contribution in [0.25, 0.3) is 0 Å². The van der Waals surface area contributed by atoms with Crippen LogP contribution in [0.5, 0.6) is 0 Å². The summed E-state index contributed by atoms with van der Waals surface area (Å²) in [5.41, 5.74) is 0.487. The zero-order valence-electron chi connectivity index (χ0n) is 8.11. The highest BCUT2D eigenvalue weighted by Crippen LogP contribution is 2.21. The maximum absolute atomic E-state index is 11.7. The number of hydrogen-bond donors (Lipinski definition) is 2. The quantitative estimate of drug-likeness (QED) is 0.803. The van der Waals surface area contributed by atoms with E-state index in [1.54, 1.807) is 24.3 Å². The van der Waals surface area contributed by atoms with Gasteiger partial charge in [0.05, 0.1) is 16.7 Å². The number of aliphatic hydroxyl groups is 1. The van der Waals surface area contributed by atoms with Crippen LogP contribution in [0.1, 0.15) is 23.2 Å². The first kappa shape index (κ1) is 10.5. The number of aliphatic hydroxyl groups excluding tert-OH is 1. The number of rotatable bonds is 2. The number of amides is 1. The molecule has 2 N–H and O–H groups in total. The van der Waals surface area contributed by atoms with Crippen molar-refractivity contribution in [2.24, 2.45) is 0 Å². The van der Waals surface area contributed by atoms with Crippen LogP contribution in [0.15, 0.2) is 24.3 Å². The van der Waals surface area contributed by atoms with Gasteiger partial charge in [0, 0.05) is 6.04 Å². The van der Waals surface area contributed by atoms with Gasteiger partial charge < -0.3 is 10.4 Å². The molecule has 0 saturated heterocycles. The molecule has 0 heterocycles. The predicted molar refractivity (Wildman–Crippen MR) is 57.9 cm³/mol. The summed E-state index contributed by atoms with van der Waals surface area (Å²) in [6.07, 6.45) is 1.01. The highest BCUT2D eigenvalue weighted by molar-refractivity contribution is 6.33. The van der Waals surface area contributed by atoms with E-state index < -0.39 is 0 Å². The molecular weight excluding hydrogens is 214 g/mol. The molecule has 1 amide bonds. The third kappa shape index (κ3) is 2.30. The van der Waals surface area contributed by atoms with Crippen LogP contribution in [-0.4, -0.2) is 23.2 Å². The lowest BCUT2D eigenvalue weighted by Gasteiger charge is -2.31. The summed E-state index contributed by atoms with van der Waals surface area (Å²) in [6.45, 7) is 0. The molecule has 0 aromatic heterocycles. The molecule has 3 nitrogen and oxygen atoms in total. The molecule has 2 rings (SSSR count). The van der Waals surface area contributed by atoms with Gasteiger partial charge in [-0.25, -0.2) is 0 Å². The minimum absolute atomic E-state index is 0.0868. The third-order valence-electron chi connectivity index (χ3n) is 2.57. The topological polar surface area (TPSA) is 49.3 Å². The number of carbonyl (C=O) groups is 1. The maximum Gasteiger partial charge on any atom is 0.253 e. The second kappa shape index (κ2) is 4.21. The summed E-state index contributed by atoms with van der Waals surface area (Å²) < 4.78 is 0. The van der Waals surface area contributed by atoms with E-state index in [1.165, 1.54) is 0 Å². The Morgan fingerprint density at radius 1 is 1.40 bits per heavy atom. The molecule has 1 aromatic rings. The van der Waals surface area contributed by atoms with Gasteiger partial charge in [0.25, 0.3) is 5.91 Å². The summed E-state index contributed by atoms with van der Waals surface area (Å²) in [5.74, 6) is -0.169. The van der Waals surface area contributed by atoms with Gasteiger partial charge in [0.1, 0.15) is 0 Å². The summed E-state index contributed by atoms with van der Waals surface area (Å²) in [5, 5.41) is 12.4. The molecule has 80 valence electrons. The minimum Gasteiger partial charge on any atom is -0.393 e. The molecule has 0 spiro atoms. The second-order valence-corrected chi connectivity index (χ2v) is 4.18. The van der Waals surface area contributed by atoms with Crippen LogP contribution in [-0.2, 0) is 0 Å². The van der Waals surface area contributed by atoms with Gasteiger partial charge in [-0.2, -0.15) is 0 Å². The molecule has 1 aliphatic rings. The van der Waals surface area contributed by atoms with E-state index in [2.05, 4.69) is 5.32 Å². The van der Waals surface area contributed by atoms with Gasteiger partial charge in [0.15, 0.2) is 0 Å². The van der Waals surface area contributed by atoms with Crippen LogP contribution >= 0.6 is 11.6 Å². The van der Waals surface area contributed by atoms with Crippen molar-refractivity contribution in [3.63, 3.8) is 0 Å². The fraction of sp³-hybridized carbons (Fsp3) is 0.364. The summed E-state index contributed by atoms with van der Waals surface area (Å²) in [4.78, 5) is 11.7. The number of nitrogens with one attached hydrogen (secondary N) is 1. The lowest BCUT2D eigenvalue weighted by molar-refractivity contribution is 0.0563. The van der Waals surface area contributed by atoms with E-state index in [-0.39, 0.29) is 18.1 Å². The van der Waals surface area contributed by atoms with Crippen molar-refractivity contribution in [2.75, 3.05) is 0 Å². The largest absolute Gasteiger partial charge is 0.393 e. The first-order valence-electron chi connectivity index (χ1n) is 4.90. The van der Waals surface area contributed by atoms with Gasteiger partial charge in [0.2, 0.25) is 0 Å². The van der Waals surface area contributed by atoms with Gasteiger partial charge >= 0.3 is 0 Å². The van der Waals surface area contributed by atoms with E-state index in [1.807, 2.05) is 0 Å². The zero-order chi connectivity index (χ0) is 10.8. The van der Waals surface area contributed by atoms with Crippen molar-refractivity contribution in [3.05, 3.63) is 34.9 Å². The van der Waals surface area contributed by atoms with E-state index in [4.69, 9.17) is 16.7 Å². The Bertz CT molecular complexity index is 375. The highest BCUT2D eigenvalue weighted by atomic mass is 35.5. The number of halogens is 1. The van der Waals surface area contributed by atoms with Crippen LogP contribution in [0.4, 0.5) is 0 Å². The van der Waals surface area contributed by atoms with E-state index in [0.29, 0.717) is 23.4 Å². The van der Waals surface area contributed by atoms with E-state index in [0.717, 1.165) is 0 Å². The normalized spacial score (nSPS) is 24.4. The summed E-state index contributed by atoms with van der Waals surface area (Å²) in [6, 6.07) is 7.02. The Balaban J connectivity index is 1.99. The second-order valence-electron chi connectivity index (χ2n) is 3.78. The molecule has 4 heteroatoms. The predicted octanol–water partition coefficient (Wildman–Crippen LogP) is 1.59. The van der Waals surface area contributed by atoms with E-state index >= 15 is 0 Å². The lowest BCUT2D eigenvalue weighted by Crippen LogP contribution is -2.46. The first-order chi connectivity index (χ1) is 7.16. The average Bonchev–Trinajstić information content (AvgIpc) is 2.16. The first-order valence-corrected chi connectivity index (χ1v) is 5.28.